The van der Waals surface area contributed by atoms with Gasteiger partial charge in [0.1, 0.15) is 5.82 Å². The van der Waals surface area contributed by atoms with Gasteiger partial charge in [-0.1, -0.05) is 6.07 Å². The van der Waals surface area contributed by atoms with E-state index in [1.54, 1.807) is 12.1 Å². The fraction of sp³-hybridized carbons (Fsp3) is 0.400. The minimum Gasteiger partial charge on any atom is -0.369 e. The Balaban J connectivity index is 2.26. The lowest BCUT2D eigenvalue weighted by atomic mass is 10.3. The van der Waals surface area contributed by atoms with Gasteiger partial charge in [0.25, 0.3) is 0 Å². The van der Waals surface area contributed by atoms with Crippen molar-refractivity contribution in [2.45, 2.75) is 12.8 Å². The molecule has 12 heavy (non-hydrogen) atoms. The Morgan fingerprint density at radius 3 is 2.75 bits per heavy atom. The van der Waals surface area contributed by atoms with Crippen molar-refractivity contribution in [3.05, 3.63) is 30.1 Å². The zero-order valence-electron chi connectivity index (χ0n) is 6.89. The molecule has 0 bridgehead atoms. The van der Waals surface area contributed by atoms with Crippen molar-refractivity contribution >= 4 is 5.69 Å². The average molecular weight is 164 g/mol. The molecule has 63 valence electrons. The lowest BCUT2D eigenvalue weighted by Gasteiger charge is -2.17. The van der Waals surface area contributed by atoms with Crippen molar-refractivity contribution in [1.29, 1.82) is 0 Å². The molecule has 0 unspecified atom stereocenters. The molecule has 2 rings (SSSR count). The van der Waals surface area contributed by atoms with Crippen molar-refractivity contribution < 1.29 is 4.39 Å². The van der Waals surface area contributed by atoms with E-state index in [2.05, 4.69) is 11.0 Å². The molecule has 0 atom stereocenters. The molecule has 1 nitrogen and oxygen atoms in total. The molecule has 1 fully saturated rings. The summed E-state index contributed by atoms with van der Waals surface area (Å²) in [6.07, 6.45) is 2.36. The largest absolute Gasteiger partial charge is 0.369 e. The van der Waals surface area contributed by atoms with Crippen LogP contribution in [0, 0.1) is 11.9 Å². The Morgan fingerprint density at radius 1 is 1.33 bits per heavy atom. The monoisotopic (exact) mass is 164 g/mol. The van der Waals surface area contributed by atoms with Crippen LogP contribution in [0.4, 0.5) is 10.1 Å². The first-order valence-electron chi connectivity index (χ1n) is 4.28. The van der Waals surface area contributed by atoms with E-state index in [4.69, 9.17) is 0 Å². The van der Waals surface area contributed by atoms with Crippen LogP contribution < -0.4 is 4.90 Å². The van der Waals surface area contributed by atoms with Gasteiger partial charge in [0.05, 0.1) is 5.69 Å². The molecule has 0 aliphatic carbocycles. The minimum atomic E-state index is -0.153. The second-order valence-corrected chi connectivity index (χ2v) is 3.07. The zero-order valence-corrected chi connectivity index (χ0v) is 6.89. The normalized spacial score (nSPS) is 16.9. The van der Waals surface area contributed by atoms with Crippen molar-refractivity contribution in [1.82, 2.24) is 0 Å². The number of halogens is 1. The van der Waals surface area contributed by atoms with Crippen molar-refractivity contribution in [2.24, 2.45) is 0 Å². The Morgan fingerprint density at radius 2 is 2.08 bits per heavy atom. The van der Waals surface area contributed by atoms with E-state index in [0.29, 0.717) is 0 Å². The maximum atomic E-state index is 13.2. The molecule has 0 saturated carbocycles. The molecule has 0 amide bonds. The molecule has 2 heteroatoms. The molecule has 1 aromatic rings. The van der Waals surface area contributed by atoms with E-state index in [-0.39, 0.29) is 5.82 Å². The van der Waals surface area contributed by atoms with E-state index in [0.717, 1.165) is 18.8 Å². The van der Waals surface area contributed by atoms with Gasteiger partial charge in [0, 0.05) is 13.1 Å². The van der Waals surface area contributed by atoms with E-state index in [9.17, 15) is 4.39 Å². The minimum absolute atomic E-state index is 0.153. The van der Waals surface area contributed by atoms with Crippen LogP contribution >= 0.6 is 0 Å². The first-order chi connectivity index (χ1) is 5.88. The Hall–Kier alpha value is -1.05. The SMILES string of the molecule is Fc1c[c]ccc1N1CCCC1. The molecular weight excluding hydrogens is 153 g/mol. The molecule has 1 radical (unpaired) electrons. The second-order valence-electron chi connectivity index (χ2n) is 3.07. The third-order valence-electron chi connectivity index (χ3n) is 2.24. The predicted molar refractivity (Wildman–Crippen MR) is 46.7 cm³/mol. The maximum Gasteiger partial charge on any atom is 0.147 e. The zero-order chi connectivity index (χ0) is 8.39. The Labute approximate surface area is 71.8 Å². The van der Waals surface area contributed by atoms with Gasteiger partial charge in [-0.3, -0.25) is 0 Å². The van der Waals surface area contributed by atoms with Crippen LogP contribution in [0.5, 0.6) is 0 Å². The van der Waals surface area contributed by atoms with Crippen molar-refractivity contribution in [3.8, 4) is 0 Å². The summed E-state index contributed by atoms with van der Waals surface area (Å²) in [7, 11) is 0. The summed E-state index contributed by atoms with van der Waals surface area (Å²) >= 11 is 0. The Kier molecular flexibility index (Phi) is 1.98. The molecule has 0 aromatic heterocycles. The maximum absolute atomic E-state index is 13.2. The topological polar surface area (TPSA) is 3.24 Å². The summed E-state index contributed by atoms with van der Waals surface area (Å²) in [6, 6.07) is 7.67. The van der Waals surface area contributed by atoms with Crippen molar-refractivity contribution in [3.63, 3.8) is 0 Å². The van der Waals surface area contributed by atoms with Crippen LogP contribution in [0.2, 0.25) is 0 Å². The highest BCUT2D eigenvalue weighted by atomic mass is 19.1. The van der Waals surface area contributed by atoms with E-state index >= 15 is 0 Å². The van der Waals surface area contributed by atoms with Crippen LogP contribution in [0.15, 0.2) is 18.2 Å². The van der Waals surface area contributed by atoms with E-state index in [1.807, 2.05) is 0 Å². The van der Waals surface area contributed by atoms with Crippen LogP contribution in [0.1, 0.15) is 12.8 Å². The van der Waals surface area contributed by atoms with Crippen LogP contribution in [0.25, 0.3) is 0 Å². The molecule has 1 saturated heterocycles. The standard InChI is InChI=1S/C10H11FN/c11-9-5-1-2-6-10(9)12-7-3-4-8-12/h2,5-6H,3-4,7-8H2. The lowest BCUT2D eigenvalue weighted by molar-refractivity contribution is 0.623. The molecular formula is C10H11FN. The van der Waals surface area contributed by atoms with Gasteiger partial charge < -0.3 is 4.90 Å². The second kappa shape index (κ2) is 3.13. The summed E-state index contributed by atoms with van der Waals surface area (Å²) < 4.78 is 13.2. The number of hydrogen-bond acceptors (Lipinski definition) is 1. The predicted octanol–water partition coefficient (Wildman–Crippen LogP) is 2.23. The first kappa shape index (κ1) is 7.59. The molecule has 0 spiro atoms. The number of nitrogens with zero attached hydrogens (tertiary/aromatic N) is 1. The molecule has 0 N–H and O–H groups in total. The van der Waals surface area contributed by atoms with E-state index in [1.165, 1.54) is 18.9 Å². The van der Waals surface area contributed by atoms with Crippen LogP contribution in [-0.4, -0.2) is 13.1 Å². The van der Waals surface area contributed by atoms with Gasteiger partial charge >= 0.3 is 0 Å². The van der Waals surface area contributed by atoms with Crippen molar-refractivity contribution in [2.75, 3.05) is 18.0 Å². The van der Waals surface area contributed by atoms with Crippen LogP contribution in [0.3, 0.4) is 0 Å². The third kappa shape index (κ3) is 1.29. The average Bonchev–Trinajstić information content (AvgIpc) is 2.57. The first-order valence-corrected chi connectivity index (χ1v) is 4.28. The van der Waals surface area contributed by atoms with Gasteiger partial charge in [-0.05, 0) is 31.0 Å². The van der Waals surface area contributed by atoms with Crippen LogP contribution in [-0.2, 0) is 0 Å². The highest BCUT2D eigenvalue weighted by molar-refractivity contribution is 5.47. The van der Waals surface area contributed by atoms with E-state index < -0.39 is 0 Å². The van der Waals surface area contributed by atoms with Gasteiger partial charge in [0.15, 0.2) is 0 Å². The summed E-state index contributed by atoms with van der Waals surface area (Å²) in [4.78, 5) is 2.09. The molecule has 1 heterocycles. The molecule has 1 aromatic carbocycles. The smallest absolute Gasteiger partial charge is 0.147 e. The highest BCUT2D eigenvalue weighted by Crippen LogP contribution is 2.22. The third-order valence-corrected chi connectivity index (χ3v) is 2.24. The number of anilines is 1. The fourth-order valence-corrected chi connectivity index (χ4v) is 1.62. The van der Waals surface area contributed by atoms with Gasteiger partial charge in [0.2, 0.25) is 0 Å². The summed E-state index contributed by atoms with van der Waals surface area (Å²) in [6.45, 7) is 1.97. The fourth-order valence-electron chi connectivity index (χ4n) is 1.62. The summed E-state index contributed by atoms with van der Waals surface area (Å²) in [5, 5.41) is 0. The molecule has 1 aliphatic heterocycles. The highest BCUT2D eigenvalue weighted by Gasteiger charge is 2.14. The van der Waals surface area contributed by atoms with Gasteiger partial charge in [-0.2, -0.15) is 0 Å². The number of rotatable bonds is 1. The summed E-state index contributed by atoms with van der Waals surface area (Å²) in [5.41, 5.74) is 0.728. The number of hydrogen-bond donors (Lipinski definition) is 0. The Bertz CT molecular complexity index is 266. The molecule has 1 aliphatic rings. The van der Waals surface area contributed by atoms with Gasteiger partial charge in [-0.15, -0.1) is 0 Å². The summed E-state index contributed by atoms with van der Waals surface area (Å²) in [5.74, 6) is -0.153. The lowest BCUT2D eigenvalue weighted by Crippen LogP contribution is -2.18. The quantitative estimate of drug-likeness (QED) is 0.615. The number of benzene rings is 1. The van der Waals surface area contributed by atoms with Gasteiger partial charge in [-0.25, -0.2) is 4.39 Å².